The summed E-state index contributed by atoms with van der Waals surface area (Å²) < 4.78 is 2.67. The summed E-state index contributed by atoms with van der Waals surface area (Å²) in [5.74, 6) is 0. The van der Waals surface area contributed by atoms with E-state index in [4.69, 9.17) is 0 Å². The van der Waals surface area contributed by atoms with Crippen LogP contribution in [-0.4, -0.2) is 0 Å². The number of fused-ring (bicyclic) bond motifs is 9. The Morgan fingerprint density at radius 3 is 2.06 bits per heavy atom. The Balaban J connectivity index is 1.20. The van der Waals surface area contributed by atoms with Crippen molar-refractivity contribution < 1.29 is 0 Å². The van der Waals surface area contributed by atoms with Gasteiger partial charge in [-0.25, -0.2) is 0 Å². The van der Waals surface area contributed by atoms with Gasteiger partial charge >= 0.3 is 0 Å². The monoisotopic (exact) mass is 643 g/mol. The molecule has 0 saturated carbocycles. The van der Waals surface area contributed by atoms with Crippen molar-refractivity contribution in [1.82, 2.24) is 0 Å². The lowest BCUT2D eigenvalue weighted by molar-refractivity contribution is 0.660. The molecule has 1 nitrogen and oxygen atoms in total. The van der Waals surface area contributed by atoms with Crippen LogP contribution in [0, 0.1) is 0 Å². The van der Waals surface area contributed by atoms with Gasteiger partial charge in [-0.1, -0.05) is 129 Å². The van der Waals surface area contributed by atoms with Gasteiger partial charge in [0.15, 0.2) is 0 Å². The molecule has 0 aliphatic heterocycles. The maximum Gasteiger partial charge on any atom is 0.0468 e. The molecule has 1 aliphatic rings. The van der Waals surface area contributed by atoms with Crippen LogP contribution in [-0.2, 0) is 5.41 Å². The summed E-state index contributed by atoms with van der Waals surface area (Å²) in [6.45, 7) is 4.70. The Labute approximate surface area is 290 Å². The summed E-state index contributed by atoms with van der Waals surface area (Å²) in [6, 6.07) is 60.7. The van der Waals surface area contributed by atoms with Gasteiger partial charge in [0, 0.05) is 42.6 Å². The van der Waals surface area contributed by atoms with Crippen LogP contribution < -0.4 is 4.90 Å². The average Bonchev–Trinajstić information content (AvgIpc) is 3.64. The Bertz CT molecular complexity index is 2760. The molecule has 0 spiro atoms. The highest BCUT2D eigenvalue weighted by Crippen LogP contribution is 2.51. The van der Waals surface area contributed by atoms with Crippen LogP contribution in [0.3, 0.4) is 0 Å². The maximum absolute atomic E-state index is 2.44. The van der Waals surface area contributed by atoms with Crippen LogP contribution >= 0.6 is 11.3 Å². The lowest BCUT2D eigenvalue weighted by atomic mass is 9.82. The van der Waals surface area contributed by atoms with E-state index in [0.29, 0.717) is 0 Å². The average molecular weight is 644 g/mol. The van der Waals surface area contributed by atoms with E-state index in [9.17, 15) is 0 Å². The van der Waals surface area contributed by atoms with E-state index in [-0.39, 0.29) is 5.41 Å². The third kappa shape index (κ3) is 4.31. The first-order valence-corrected chi connectivity index (χ1v) is 17.8. The van der Waals surface area contributed by atoms with Crippen LogP contribution in [0.2, 0.25) is 0 Å². The molecule has 0 unspecified atom stereocenters. The van der Waals surface area contributed by atoms with Gasteiger partial charge in [0.25, 0.3) is 0 Å². The van der Waals surface area contributed by atoms with Gasteiger partial charge in [-0.2, -0.15) is 0 Å². The molecule has 9 aromatic rings. The summed E-state index contributed by atoms with van der Waals surface area (Å²) in [5.41, 5.74) is 11.3. The highest BCUT2D eigenvalue weighted by atomic mass is 32.1. The number of benzene rings is 8. The molecule has 0 amide bonds. The molecule has 1 aliphatic carbocycles. The lowest BCUT2D eigenvalue weighted by Crippen LogP contribution is -2.15. The first-order chi connectivity index (χ1) is 24.0. The third-order valence-electron chi connectivity index (χ3n) is 10.6. The topological polar surface area (TPSA) is 3.24 Å². The molecular weight excluding hydrogens is 611 g/mol. The number of rotatable bonds is 4. The van der Waals surface area contributed by atoms with E-state index in [0.717, 1.165) is 17.1 Å². The molecule has 49 heavy (non-hydrogen) atoms. The van der Waals surface area contributed by atoms with E-state index in [2.05, 4.69) is 183 Å². The molecule has 2 heteroatoms. The molecule has 10 rings (SSSR count). The third-order valence-corrected chi connectivity index (χ3v) is 11.8. The van der Waals surface area contributed by atoms with Crippen molar-refractivity contribution in [3.63, 3.8) is 0 Å². The Morgan fingerprint density at radius 1 is 0.429 bits per heavy atom. The second-order valence-electron chi connectivity index (χ2n) is 13.8. The van der Waals surface area contributed by atoms with Crippen molar-refractivity contribution in [2.75, 3.05) is 4.90 Å². The SMILES string of the molecule is CC1(C)c2ccccc2-c2cc(N(c3cccc(-c4cccc5ccccc45)c3)c3ccc4c(ccc5sc6ccccc6c54)c3)ccc21. The smallest absolute Gasteiger partial charge is 0.0468 e. The fraction of sp³-hybridized carbons (Fsp3) is 0.0638. The van der Waals surface area contributed by atoms with Crippen molar-refractivity contribution in [3.8, 4) is 22.3 Å². The van der Waals surface area contributed by atoms with Crippen LogP contribution in [0.5, 0.6) is 0 Å². The van der Waals surface area contributed by atoms with Crippen molar-refractivity contribution in [3.05, 3.63) is 175 Å². The van der Waals surface area contributed by atoms with Crippen molar-refractivity contribution in [2.24, 2.45) is 0 Å². The standard InChI is InChI=1S/C47H33NS/c1-47(2)42-19-7-5-16-39(42)41-29-35(23-25-43(41)47)48(33-14-9-13-31(27-33)37-18-10-12-30-11-3-4-15-36(30)37)34-22-24-38-32(28-34)21-26-45-46(38)40-17-6-8-20-44(40)49-45/h3-29H,1-2H3. The van der Waals surface area contributed by atoms with Gasteiger partial charge in [0.2, 0.25) is 0 Å². The molecule has 0 atom stereocenters. The second-order valence-corrected chi connectivity index (χ2v) is 14.8. The zero-order valence-electron chi connectivity index (χ0n) is 27.4. The van der Waals surface area contributed by atoms with Gasteiger partial charge in [0.05, 0.1) is 0 Å². The fourth-order valence-corrected chi connectivity index (χ4v) is 9.39. The fourth-order valence-electron chi connectivity index (χ4n) is 8.26. The highest BCUT2D eigenvalue weighted by Gasteiger charge is 2.35. The number of hydrogen-bond donors (Lipinski definition) is 0. The zero-order valence-corrected chi connectivity index (χ0v) is 28.3. The molecule has 0 bridgehead atoms. The Morgan fingerprint density at radius 2 is 1.12 bits per heavy atom. The number of thiophene rings is 1. The second kappa shape index (κ2) is 10.7. The quantitative estimate of drug-likeness (QED) is 0.184. The lowest BCUT2D eigenvalue weighted by Gasteiger charge is -2.28. The van der Waals surface area contributed by atoms with Gasteiger partial charge in [0.1, 0.15) is 0 Å². The molecule has 232 valence electrons. The van der Waals surface area contributed by atoms with E-state index in [1.807, 2.05) is 11.3 Å². The van der Waals surface area contributed by atoms with Crippen molar-refractivity contribution in [1.29, 1.82) is 0 Å². The Kier molecular flexibility index (Phi) is 6.16. The molecule has 0 radical (unpaired) electrons. The summed E-state index contributed by atoms with van der Waals surface area (Å²) in [4.78, 5) is 2.44. The molecule has 1 aromatic heterocycles. The highest BCUT2D eigenvalue weighted by molar-refractivity contribution is 7.26. The van der Waals surface area contributed by atoms with E-state index in [1.54, 1.807) is 0 Å². The largest absolute Gasteiger partial charge is 0.310 e. The predicted octanol–water partition coefficient (Wildman–Crippen LogP) is 13.8. The summed E-state index contributed by atoms with van der Waals surface area (Å²) in [6.07, 6.45) is 0. The maximum atomic E-state index is 2.44. The Hall–Kier alpha value is -5.70. The van der Waals surface area contributed by atoms with Crippen molar-refractivity contribution >= 4 is 70.1 Å². The van der Waals surface area contributed by atoms with E-state index in [1.165, 1.54) is 75.1 Å². The summed E-state index contributed by atoms with van der Waals surface area (Å²) >= 11 is 1.88. The zero-order chi connectivity index (χ0) is 32.7. The minimum Gasteiger partial charge on any atom is -0.310 e. The number of hydrogen-bond acceptors (Lipinski definition) is 2. The molecule has 1 heterocycles. The minimum absolute atomic E-state index is 0.0405. The van der Waals surface area contributed by atoms with Crippen LogP contribution in [0.25, 0.3) is 64.0 Å². The number of nitrogens with zero attached hydrogens (tertiary/aromatic N) is 1. The summed E-state index contributed by atoms with van der Waals surface area (Å²) in [7, 11) is 0. The molecule has 0 fully saturated rings. The number of anilines is 3. The van der Waals surface area contributed by atoms with Gasteiger partial charge < -0.3 is 4.90 Å². The van der Waals surface area contributed by atoms with Crippen molar-refractivity contribution in [2.45, 2.75) is 19.3 Å². The molecule has 8 aromatic carbocycles. The van der Waals surface area contributed by atoms with Gasteiger partial charge in [-0.05, 0) is 103 Å². The van der Waals surface area contributed by atoms with E-state index >= 15 is 0 Å². The predicted molar refractivity (Wildman–Crippen MR) is 212 cm³/mol. The van der Waals surface area contributed by atoms with Gasteiger partial charge in [-0.3, -0.25) is 0 Å². The van der Waals surface area contributed by atoms with Crippen LogP contribution in [0.4, 0.5) is 17.1 Å². The first-order valence-electron chi connectivity index (χ1n) is 17.0. The van der Waals surface area contributed by atoms with Gasteiger partial charge in [-0.15, -0.1) is 11.3 Å². The van der Waals surface area contributed by atoms with E-state index < -0.39 is 0 Å². The minimum atomic E-state index is -0.0405. The van der Waals surface area contributed by atoms with Crippen LogP contribution in [0.1, 0.15) is 25.0 Å². The molecule has 0 N–H and O–H groups in total. The summed E-state index contributed by atoms with van der Waals surface area (Å²) in [5, 5.41) is 7.75. The molecular formula is C47H33NS. The molecule has 0 saturated heterocycles. The first kappa shape index (κ1) is 28.3. The normalized spacial score (nSPS) is 13.3. The van der Waals surface area contributed by atoms with Crippen LogP contribution in [0.15, 0.2) is 164 Å².